The van der Waals surface area contributed by atoms with E-state index in [4.69, 9.17) is 0 Å². The topological polar surface area (TPSA) is 46.9 Å². The number of aromatic nitrogens is 2. The van der Waals surface area contributed by atoms with Gasteiger partial charge in [-0.05, 0) is 42.5 Å². The molecular weight excluding hydrogens is 281 g/mol. The smallest absolute Gasteiger partial charge is 0.251 e. The number of nitrogens with one attached hydrogen (secondary N) is 1. The van der Waals surface area contributed by atoms with Gasteiger partial charge in [-0.25, -0.2) is 4.39 Å². The van der Waals surface area contributed by atoms with Crippen molar-refractivity contribution in [2.45, 2.75) is 6.54 Å². The summed E-state index contributed by atoms with van der Waals surface area (Å²) in [6.07, 6.45) is 5.13. The SMILES string of the molecule is O=C(NCc1ccccn1)c1ccc(F)c(-n2cccc2)c1. The largest absolute Gasteiger partial charge is 0.346 e. The third-order valence-electron chi connectivity index (χ3n) is 3.25. The lowest BCUT2D eigenvalue weighted by Crippen LogP contribution is -2.23. The predicted octanol–water partition coefficient (Wildman–Crippen LogP) is 2.94. The highest BCUT2D eigenvalue weighted by molar-refractivity contribution is 5.94. The fourth-order valence-corrected chi connectivity index (χ4v) is 2.12. The molecule has 3 aromatic rings. The van der Waals surface area contributed by atoms with E-state index in [0.717, 1.165) is 5.69 Å². The molecule has 0 radical (unpaired) electrons. The first-order valence-electron chi connectivity index (χ1n) is 6.85. The minimum Gasteiger partial charge on any atom is -0.346 e. The number of benzene rings is 1. The summed E-state index contributed by atoms with van der Waals surface area (Å²) in [6, 6.07) is 13.4. The lowest BCUT2D eigenvalue weighted by atomic mass is 10.1. The Morgan fingerprint density at radius 3 is 2.68 bits per heavy atom. The Hall–Kier alpha value is -2.95. The monoisotopic (exact) mass is 295 g/mol. The highest BCUT2D eigenvalue weighted by atomic mass is 19.1. The Morgan fingerprint density at radius 1 is 1.14 bits per heavy atom. The third-order valence-corrected chi connectivity index (χ3v) is 3.25. The number of halogens is 1. The van der Waals surface area contributed by atoms with Gasteiger partial charge in [-0.3, -0.25) is 9.78 Å². The zero-order valence-corrected chi connectivity index (χ0v) is 11.7. The van der Waals surface area contributed by atoms with Crippen LogP contribution in [-0.4, -0.2) is 15.5 Å². The molecule has 0 spiro atoms. The lowest BCUT2D eigenvalue weighted by molar-refractivity contribution is 0.0950. The summed E-state index contributed by atoms with van der Waals surface area (Å²) in [4.78, 5) is 16.3. The number of pyridine rings is 1. The molecular formula is C17H14FN3O. The normalized spacial score (nSPS) is 10.4. The predicted molar refractivity (Wildman–Crippen MR) is 81.1 cm³/mol. The van der Waals surface area contributed by atoms with Crippen molar-refractivity contribution in [2.24, 2.45) is 0 Å². The van der Waals surface area contributed by atoms with Crippen LogP contribution < -0.4 is 5.32 Å². The number of hydrogen-bond donors (Lipinski definition) is 1. The van der Waals surface area contributed by atoms with Crippen LogP contribution in [0.25, 0.3) is 5.69 Å². The van der Waals surface area contributed by atoms with Gasteiger partial charge < -0.3 is 9.88 Å². The zero-order chi connectivity index (χ0) is 15.4. The second-order valence-electron chi connectivity index (χ2n) is 4.76. The van der Waals surface area contributed by atoms with Gasteiger partial charge in [0.2, 0.25) is 0 Å². The van der Waals surface area contributed by atoms with E-state index in [1.165, 1.54) is 18.2 Å². The highest BCUT2D eigenvalue weighted by Gasteiger charge is 2.10. The molecule has 0 aliphatic rings. The zero-order valence-electron chi connectivity index (χ0n) is 11.7. The first-order chi connectivity index (χ1) is 10.7. The van der Waals surface area contributed by atoms with E-state index < -0.39 is 0 Å². The molecule has 0 fully saturated rings. The van der Waals surface area contributed by atoms with Crippen LogP contribution in [-0.2, 0) is 6.54 Å². The van der Waals surface area contributed by atoms with E-state index in [1.807, 2.05) is 18.2 Å². The maximum absolute atomic E-state index is 13.9. The van der Waals surface area contributed by atoms with Crippen LogP contribution in [0.3, 0.4) is 0 Å². The van der Waals surface area contributed by atoms with Crippen LogP contribution in [0.4, 0.5) is 4.39 Å². The summed E-state index contributed by atoms with van der Waals surface area (Å²) in [5.74, 6) is -0.642. The Morgan fingerprint density at radius 2 is 1.95 bits per heavy atom. The van der Waals surface area contributed by atoms with Crippen LogP contribution >= 0.6 is 0 Å². The Kier molecular flexibility index (Phi) is 3.96. The molecule has 1 aromatic carbocycles. The molecule has 5 heteroatoms. The number of carbonyl (C=O) groups excluding carboxylic acids is 1. The van der Waals surface area contributed by atoms with Crippen molar-refractivity contribution in [2.75, 3.05) is 0 Å². The molecule has 2 aromatic heterocycles. The van der Waals surface area contributed by atoms with Crippen molar-refractivity contribution in [1.82, 2.24) is 14.9 Å². The fourth-order valence-electron chi connectivity index (χ4n) is 2.12. The van der Waals surface area contributed by atoms with Crippen LogP contribution in [0.5, 0.6) is 0 Å². The number of amides is 1. The first-order valence-corrected chi connectivity index (χ1v) is 6.85. The minimum atomic E-state index is -0.377. The number of carbonyl (C=O) groups is 1. The molecule has 0 atom stereocenters. The van der Waals surface area contributed by atoms with Crippen LogP contribution in [0.15, 0.2) is 67.1 Å². The van der Waals surface area contributed by atoms with Gasteiger partial charge in [-0.2, -0.15) is 0 Å². The van der Waals surface area contributed by atoms with E-state index in [0.29, 0.717) is 17.8 Å². The van der Waals surface area contributed by atoms with Crippen LogP contribution in [0, 0.1) is 5.82 Å². The average molecular weight is 295 g/mol. The highest BCUT2D eigenvalue weighted by Crippen LogP contribution is 2.16. The van der Waals surface area contributed by atoms with Crippen molar-refractivity contribution < 1.29 is 9.18 Å². The Bertz CT molecular complexity index is 770. The average Bonchev–Trinajstić information content (AvgIpc) is 3.08. The van der Waals surface area contributed by atoms with Gasteiger partial charge in [0.15, 0.2) is 0 Å². The molecule has 2 heterocycles. The minimum absolute atomic E-state index is 0.265. The quantitative estimate of drug-likeness (QED) is 0.804. The lowest BCUT2D eigenvalue weighted by Gasteiger charge is -2.09. The first kappa shape index (κ1) is 14.0. The Balaban J connectivity index is 1.77. The Labute approximate surface area is 127 Å². The molecule has 0 bridgehead atoms. The van der Waals surface area contributed by atoms with E-state index >= 15 is 0 Å². The van der Waals surface area contributed by atoms with Gasteiger partial charge in [-0.1, -0.05) is 6.07 Å². The van der Waals surface area contributed by atoms with Crippen molar-refractivity contribution >= 4 is 5.91 Å². The van der Waals surface area contributed by atoms with Crippen molar-refractivity contribution in [3.63, 3.8) is 0 Å². The molecule has 4 nitrogen and oxygen atoms in total. The van der Waals surface area contributed by atoms with Crippen molar-refractivity contribution in [3.05, 3.63) is 84.2 Å². The maximum Gasteiger partial charge on any atom is 0.251 e. The molecule has 110 valence electrons. The van der Waals surface area contributed by atoms with Gasteiger partial charge in [-0.15, -0.1) is 0 Å². The molecule has 0 unspecified atom stereocenters. The van der Waals surface area contributed by atoms with Gasteiger partial charge in [0.05, 0.1) is 17.9 Å². The van der Waals surface area contributed by atoms with Crippen molar-refractivity contribution in [1.29, 1.82) is 0 Å². The second-order valence-corrected chi connectivity index (χ2v) is 4.76. The maximum atomic E-state index is 13.9. The molecule has 0 saturated heterocycles. The molecule has 0 aliphatic carbocycles. The van der Waals surface area contributed by atoms with Gasteiger partial charge >= 0.3 is 0 Å². The summed E-state index contributed by atoms with van der Waals surface area (Å²) in [6.45, 7) is 0.329. The second kappa shape index (κ2) is 6.22. The summed E-state index contributed by atoms with van der Waals surface area (Å²) >= 11 is 0. The van der Waals surface area contributed by atoms with E-state index in [9.17, 15) is 9.18 Å². The van der Waals surface area contributed by atoms with E-state index in [-0.39, 0.29) is 11.7 Å². The fraction of sp³-hybridized carbons (Fsp3) is 0.0588. The van der Waals surface area contributed by atoms with Crippen molar-refractivity contribution in [3.8, 4) is 5.69 Å². The van der Waals surface area contributed by atoms with Gasteiger partial charge in [0, 0.05) is 24.2 Å². The van der Waals surface area contributed by atoms with Gasteiger partial charge in [0.25, 0.3) is 5.91 Å². The number of hydrogen-bond acceptors (Lipinski definition) is 2. The molecule has 0 aliphatic heterocycles. The molecule has 1 N–H and O–H groups in total. The number of nitrogens with zero attached hydrogens (tertiary/aromatic N) is 2. The number of rotatable bonds is 4. The molecule has 3 rings (SSSR count). The molecule has 22 heavy (non-hydrogen) atoms. The van der Waals surface area contributed by atoms with Crippen LogP contribution in [0.1, 0.15) is 16.1 Å². The molecule has 0 saturated carbocycles. The van der Waals surface area contributed by atoms with Crippen LogP contribution in [0.2, 0.25) is 0 Å². The summed E-state index contributed by atoms with van der Waals surface area (Å²) in [5, 5.41) is 2.77. The summed E-state index contributed by atoms with van der Waals surface area (Å²) in [7, 11) is 0. The molecule has 1 amide bonds. The summed E-state index contributed by atoms with van der Waals surface area (Å²) in [5.41, 5.74) is 1.51. The van der Waals surface area contributed by atoms with E-state index in [1.54, 1.807) is 35.3 Å². The van der Waals surface area contributed by atoms with E-state index in [2.05, 4.69) is 10.3 Å². The summed E-state index contributed by atoms with van der Waals surface area (Å²) < 4.78 is 15.5. The third kappa shape index (κ3) is 3.03. The van der Waals surface area contributed by atoms with Gasteiger partial charge in [0.1, 0.15) is 5.82 Å². The standard InChI is InChI=1S/C17H14FN3O/c18-15-7-6-13(11-16(15)21-9-3-4-10-21)17(22)20-12-14-5-1-2-8-19-14/h1-11H,12H2,(H,20,22).